The summed E-state index contributed by atoms with van der Waals surface area (Å²) >= 11 is 0. The van der Waals surface area contributed by atoms with Gasteiger partial charge < -0.3 is 10.1 Å². The van der Waals surface area contributed by atoms with Crippen molar-refractivity contribution in [2.24, 2.45) is 0 Å². The Bertz CT molecular complexity index is 1130. The molecule has 4 rings (SSSR count). The third-order valence-electron chi connectivity index (χ3n) is 3.84. The van der Waals surface area contributed by atoms with Crippen molar-refractivity contribution in [3.63, 3.8) is 0 Å². The van der Waals surface area contributed by atoms with E-state index in [1.807, 2.05) is 0 Å². The number of nitrogens with one attached hydrogen (secondary N) is 1. The third kappa shape index (κ3) is 3.43. The highest BCUT2D eigenvalue weighted by atomic mass is 19.1. The van der Waals surface area contributed by atoms with Gasteiger partial charge in [0.25, 0.3) is 5.91 Å². The number of carbonyl (C=O) groups is 1. The number of benzene rings is 1. The molecule has 9 heteroatoms. The Morgan fingerprint density at radius 3 is 2.81 bits per heavy atom. The average molecular weight is 364 g/mol. The van der Waals surface area contributed by atoms with Crippen LogP contribution in [0.4, 0.5) is 10.1 Å². The maximum atomic E-state index is 14.0. The third-order valence-corrected chi connectivity index (χ3v) is 3.84. The van der Waals surface area contributed by atoms with E-state index < -0.39 is 11.7 Å². The van der Waals surface area contributed by atoms with Crippen molar-refractivity contribution in [2.45, 2.75) is 0 Å². The number of anilines is 1. The first kappa shape index (κ1) is 16.6. The Morgan fingerprint density at radius 1 is 1.15 bits per heavy atom. The molecule has 0 bridgehead atoms. The van der Waals surface area contributed by atoms with E-state index >= 15 is 0 Å². The average Bonchev–Trinajstić information content (AvgIpc) is 3.15. The molecular weight excluding hydrogens is 351 g/mol. The predicted octanol–water partition coefficient (Wildman–Crippen LogP) is 2.59. The number of pyridine rings is 1. The summed E-state index contributed by atoms with van der Waals surface area (Å²) in [6.07, 6.45) is 3.03. The lowest BCUT2D eigenvalue weighted by molar-refractivity contribution is 0.102. The molecule has 0 unspecified atom stereocenters. The molecular formula is C18H13FN6O2. The maximum Gasteiger partial charge on any atom is 0.255 e. The van der Waals surface area contributed by atoms with Gasteiger partial charge in [0.2, 0.25) is 5.88 Å². The summed E-state index contributed by atoms with van der Waals surface area (Å²) in [6, 6.07) is 10.6. The fourth-order valence-electron chi connectivity index (χ4n) is 2.55. The van der Waals surface area contributed by atoms with Crippen molar-refractivity contribution in [1.82, 2.24) is 24.8 Å². The number of amides is 1. The molecule has 8 nitrogen and oxygen atoms in total. The van der Waals surface area contributed by atoms with E-state index in [-0.39, 0.29) is 5.56 Å². The first-order valence-electron chi connectivity index (χ1n) is 7.92. The fourth-order valence-corrected chi connectivity index (χ4v) is 2.55. The lowest BCUT2D eigenvalue weighted by Gasteiger charge is -2.08. The molecule has 0 saturated carbocycles. The Labute approximate surface area is 152 Å². The van der Waals surface area contributed by atoms with Crippen LogP contribution in [0.15, 0.2) is 55.0 Å². The van der Waals surface area contributed by atoms with Crippen LogP contribution in [-0.4, -0.2) is 37.8 Å². The summed E-state index contributed by atoms with van der Waals surface area (Å²) in [5, 5.41) is 14.6. The highest BCUT2D eigenvalue weighted by Crippen LogP contribution is 2.22. The van der Waals surface area contributed by atoms with Gasteiger partial charge in [0.05, 0.1) is 24.7 Å². The van der Waals surface area contributed by atoms with Gasteiger partial charge in [-0.05, 0) is 36.4 Å². The summed E-state index contributed by atoms with van der Waals surface area (Å²) in [5.41, 5.74) is 2.17. The zero-order valence-corrected chi connectivity index (χ0v) is 14.1. The number of rotatable bonds is 4. The van der Waals surface area contributed by atoms with Gasteiger partial charge in [-0.15, -0.1) is 10.2 Å². The zero-order valence-electron chi connectivity index (χ0n) is 14.1. The topological polar surface area (TPSA) is 94.3 Å². The second-order valence-electron chi connectivity index (χ2n) is 5.62. The lowest BCUT2D eigenvalue weighted by Crippen LogP contribution is -2.13. The highest BCUT2D eigenvalue weighted by Gasteiger charge is 2.12. The van der Waals surface area contributed by atoms with Crippen LogP contribution in [0.2, 0.25) is 0 Å². The van der Waals surface area contributed by atoms with Crippen LogP contribution in [0.25, 0.3) is 16.9 Å². The van der Waals surface area contributed by atoms with E-state index in [2.05, 4.69) is 25.6 Å². The van der Waals surface area contributed by atoms with E-state index in [0.717, 1.165) is 6.07 Å². The fraction of sp³-hybridized carbons (Fsp3) is 0.0556. The number of fused-ring (bicyclic) bond motifs is 1. The number of aromatic nitrogens is 5. The van der Waals surface area contributed by atoms with Crippen molar-refractivity contribution >= 4 is 17.2 Å². The molecule has 134 valence electrons. The molecule has 3 aromatic heterocycles. The van der Waals surface area contributed by atoms with E-state index in [0.29, 0.717) is 28.5 Å². The molecule has 1 N–H and O–H groups in total. The second-order valence-corrected chi connectivity index (χ2v) is 5.62. The Balaban J connectivity index is 1.62. The van der Waals surface area contributed by atoms with E-state index in [9.17, 15) is 9.18 Å². The van der Waals surface area contributed by atoms with Gasteiger partial charge >= 0.3 is 0 Å². The molecule has 0 radical (unpaired) electrons. The highest BCUT2D eigenvalue weighted by molar-refractivity contribution is 6.04. The minimum absolute atomic E-state index is 0.154. The first-order chi connectivity index (χ1) is 13.1. The predicted molar refractivity (Wildman–Crippen MR) is 94.9 cm³/mol. The van der Waals surface area contributed by atoms with Crippen molar-refractivity contribution in [3.8, 4) is 17.1 Å². The van der Waals surface area contributed by atoms with Gasteiger partial charge in [0.15, 0.2) is 5.65 Å². The number of ether oxygens (including phenoxy) is 1. The summed E-state index contributed by atoms with van der Waals surface area (Å²) < 4.78 is 20.5. The van der Waals surface area contributed by atoms with Gasteiger partial charge in [-0.1, -0.05) is 0 Å². The molecule has 0 fully saturated rings. The van der Waals surface area contributed by atoms with Crippen LogP contribution in [-0.2, 0) is 0 Å². The molecule has 0 atom stereocenters. The summed E-state index contributed by atoms with van der Waals surface area (Å²) in [7, 11) is 1.48. The van der Waals surface area contributed by atoms with Gasteiger partial charge in [-0.25, -0.2) is 13.9 Å². The van der Waals surface area contributed by atoms with Gasteiger partial charge in [-0.2, -0.15) is 5.10 Å². The van der Waals surface area contributed by atoms with Gasteiger partial charge in [0, 0.05) is 17.2 Å². The number of halogens is 1. The standard InChI is InChI=1S/C18H13FN6O2/c1-27-17-5-3-15(23-24-17)11-6-12(8-13(19)7-11)18(26)22-14-2-4-16-20-10-21-25(16)9-14/h2-10H,1H3,(H,22,26). The minimum Gasteiger partial charge on any atom is -0.480 e. The van der Waals surface area contributed by atoms with Gasteiger partial charge in [-0.3, -0.25) is 4.79 Å². The van der Waals surface area contributed by atoms with E-state index in [4.69, 9.17) is 4.74 Å². The van der Waals surface area contributed by atoms with Crippen molar-refractivity contribution < 1.29 is 13.9 Å². The smallest absolute Gasteiger partial charge is 0.255 e. The zero-order chi connectivity index (χ0) is 18.8. The molecule has 27 heavy (non-hydrogen) atoms. The summed E-state index contributed by atoms with van der Waals surface area (Å²) in [4.78, 5) is 16.6. The SMILES string of the molecule is COc1ccc(-c2cc(F)cc(C(=O)Nc3ccc4ncnn4c3)c2)nn1. The molecule has 0 aliphatic heterocycles. The molecule has 0 saturated heterocycles. The van der Waals surface area contributed by atoms with Crippen LogP contribution >= 0.6 is 0 Å². The number of hydrogen-bond acceptors (Lipinski definition) is 6. The van der Waals surface area contributed by atoms with E-state index in [1.165, 1.54) is 24.0 Å². The molecule has 4 aromatic rings. The van der Waals surface area contributed by atoms with Crippen LogP contribution in [0.1, 0.15) is 10.4 Å². The normalized spacial score (nSPS) is 10.7. The summed E-state index contributed by atoms with van der Waals surface area (Å²) in [6.45, 7) is 0. The van der Waals surface area contributed by atoms with E-state index in [1.54, 1.807) is 36.5 Å². The Kier molecular flexibility index (Phi) is 4.17. The maximum absolute atomic E-state index is 14.0. The molecule has 1 amide bonds. The largest absolute Gasteiger partial charge is 0.480 e. The van der Waals surface area contributed by atoms with Crippen LogP contribution in [0, 0.1) is 5.82 Å². The molecule has 0 aliphatic carbocycles. The second kappa shape index (κ2) is 6.79. The number of nitrogens with zero attached hydrogens (tertiary/aromatic N) is 5. The molecule has 0 spiro atoms. The quantitative estimate of drug-likeness (QED) is 0.598. The summed E-state index contributed by atoms with van der Waals surface area (Å²) in [5.74, 6) is -0.671. The Hall–Kier alpha value is -3.88. The minimum atomic E-state index is -0.554. The van der Waals surface area contributed by atoms with Crippen LogP contribution in [0.5, 0.6) is 5.88 Å². The Morgan fingerprint density at radius 2 is 2.04 bits per heavy atom. The van der Waals surface area contributed by atoms with Crippen molar-refractivity contribution in [3.05, 3.63) is 66.4 Å². The van der Waals surface area contributed by atoms with Gasteiger partial charge in [0.1, 0.15) is 12.1 Å². The monoisotopic (exact) mass is 364 g/mol. The lowest BCUT2D eigenvalue weighted by atomic mass is 10.1. The number of methoxy groups -OCH3 is 1. The molecule has 1 aromatic carbocycles. The van der Waals surface area contributed by atoms with Crippen molar-refractivity contribution in [2.75, 3.05) is 12.4 Å². The van der Waals surface area contributed by atoms with Crippen LogP contribution < -0.4 is 10.1 Å². The number of hydrogen-bond donors (Lipinski definition) is 1. The molecule has 3 heterocycles. The molecule has 0 aliphatic rings. The van der Waals surface area contributed by atoms with Crippen molar-refractivity contribution in [1.29, 1.82) is 0 Å². The first-order valence-corrected chi connectivity index (χ1v) is 7.92. The number of carbonyl (C=O) groups excluding carboxylic acids is 1. The van der Waals surface area contributed by atoms with Crippen LogP contribution in [0.3, 0.4) is 0 Å².